The van der Waals surface area contributed by atoms with E-state index in [2.05, 4.69) is 42.2 Å². The number of benzene rings is 2. The Morgan fingerprint density at radius 2 is 1.41 bits per heavy atom. The second-order valence-corrected chi connectivity index (χ2v) is 14.8. The van der Waals surface area contributed by atoms with E-state index in [1.54, 1.807) is 32.2 Å². The fourth-order valence-electron chi connectivity index (χ4n) is 6.68. The number of nitrogens with one attached hydrogen (secondary N) is 8. The number of carbonyl (C=O) groups excluding carboxylic acids is 8. The maximum absolute atomic E-state index is 14.1. The molecule has 58 heavy (non-hydrogen) atoms. The van der Waals surface area contributed by atoms with Crippen LogP contribution in [-0.2, 0) is 51.2 Å². The third-order valence-corrected chi connectivity index (χ3v) is 9.95. The Bertz CT molecular complexity index is 1910. The van der Waals surface area contributed by atoms with E-state index in [1.165, 1.54) is 6.92 Å². The smallest absolute Gasteiger partial charge is 0.243 e. The summed E-state index contributed by atoms with van der Waals surface area (Å²) >= 11 is 0. The van der Waals surface area contributed by atoms with E-state index < -0.39 is 71.7 Å². The van der Waals surface area contributed by atoms with Gasteiger partial charge in [0.25, 0.3) is 0 Å². The summed E-state index contributed by atoms with van der Waals surface area (Å²) in [6.45, 7) is 5.26. The molecule has 6 atom stereocenters. The SMILES string of the molecule is CC(C)[C@H](NC(=O)[C@H](C)NC(=O)[C@H](Cc1c[nH]c2ccccc12)NC(=O)[C@H](CCC(N)=O)NC(=O)[C@@H](Cc1ccccc1)NC(=O)[C@@H]1CCCCN1)C(=O)NCC=O. The molecule has 1 fully saturated rings. The molecule has 2 aromatic carbocycles. The van der Waals surface area contributed by atoms with Crippen LogP contribution in [0.25, 0.3) is 10.9 Å². The Morgan fingerprint density at radius 3 is 2.09 bits per heavy atom. The number of aromatic amines is 1. The highest BCUT2D eigenvalue weighted by Gasteiger charge is 2.33. The average Bonchev–Trinajstić information content (AvgIpc) is 3.62. The van der Waals surface area contributed by atoms with Gasteiger partial charge in [-0.25, -0.2) is 0 Å². The quantitative estimate of drug-likeness (QED) is 0.0644. The molecule has 2 heterocycles. The van der Waals surface area contributed by atoms with Gasteiger partial charge in [0.1, 0.15) is 36.5 Å². The maximum Gasteiger partial charge on any atom is 0.243 e. The molecule has 0 radical (unpaired) electrons. The van der Waals surface area contributed by atoms with E-state index in [1.807, 2.05) is 42.5 Å². The van der Waals surface area contributed by atoms with Crippen molar-refractivity contribution in [1.29, 1.82) is 0 Å². The zero-order valence-electron chi connectivity index (χ0n) is 33.1. The Labute approximate surface area is 337 Å². The minimum absolute atomic E-state index is 0.0454. The van der Waals surface area contributed by atoms with Crippen molar-refractivity contribution in [3.05, 3.63) is 71.9 Å². The standard InChI is InChI=1S/C41H55N9O8/c1-24(2)35(41(58)44-19-20-51)50-36(53)25(3)46-39(56)33(22-27-23-45-29-14-8-7-13-28(27)29)49-38(55)31(16-17-34(42)52)47-40(57)32(21-26-11-5-4-6-12-26)48-37(54)30-15-9-10-18-43-30/h4-8,11-14,20,23-25,30-33,35,43,45H,9-10,15-19,21-22H2,1-3H3,(H2,42,52)(H,44,58)(H,46,56)(H,47,57)(H,48,54)(H,49,55)(H,50,53)/t25-,30-,31-,32+,33-,35-/m0/s1. The van der Waals surface area contributed by atoms with E-state index in [9.17, 15) is 38.4 Å². The number of aromatic nitrogens is 1. The normalized spacial score (nSPS) is 16.4. The summed E-state index contributed by atoms with van der Waals surface area (Å²) in [6.07, 6.45) is 4.16. The van der Waals surface area contributed by atoms with Gasteiger partial charge >= 0.3 is 0 Å². The number of hydrogen-bond donors (Lipinski definition) is 9. The van der Waals surface area contributed by atoms with Gasteiger partial charge in [-0.05, 0) is 55.8 Å². The number of primary amides is 1. The summed E-state index contributed by atoms with van der Waals surface area (Å²) in [4.78, 5) is 107. The molecule has 7 amide bonds. The summed E-state index contributed by atoms with van der Waals surface area (Å²) in [7, 11) is 0. The minimum Gasteiger partial charge on any atom is -0.370 e. The van der Waals surface area contributed by atoms with Crippen LogP contribution >= 0.6 is 0 Å². The number of carbonyl (C=O) groups is 8. The molecule has 1 saturated heterocycles. The summed E-state index contributed by atoms with van der Waals surface area (Å²) in [5.41, 5.74) is 7.67. The van der Waals surface area contributed by atoms with Crippen LogP contribution in [0.3, 0.4) is 0 Å². The largest absolute Gasteiger partial charge is 0.370 e. The van der Waals surface area contributed by atoms with Gasteiger partial charge < -0.3 is 52.7 Å². The number of fused-ring (bicyclic) bond motifs is 1. The second kappa shape index (κ2) is 22.0. The van der Waals surface area contributed by atoms with Gasteiger partial charge in [-0.3, -0.25) is 33.6 Å². The first-order chi connectivity index (χ1) is 27.8. The predicted octanol–water partition coefficient (Wildman–Crippen LogP) is -0.224. The van der Waals surface area contributed by atoms with E-state index in [4.69, 9.17) is 5.73 Å². The zero-order valence-corrected chi connectivity index (χ0v) is 33.1. The van der Waals surface area contributed by atoms with E-state index in [0.29, 0.717) is 24.8 Å². The first-order valence-corrected chi connectivity index (χ1v) is 19.6. The lowest BCUT2D eigenvalue weighted by Crippen LogP contribution is -2.60. The lowest BCUT2D eigenvalue weighted by atomic mass is 10.0. The second-order valence-electron chi connectivity index (χ2n) is 14.8. The molecular weight excluding hydrogens is 747 g/mol. The predicted molar refractivity (Wildman–Crippen MR) is 215 cm³/mol. The van der Waals surface area contributed by atoms with Crippen LogP contribution in [0.4, 0.5) is 0 Å². The summed E-state index contributed by atoms with van der Waals surface area (Å²) in [5.74, 6) is -4.94. The van der Waals surface area contributed by atoms with Crippen LogP contribution in [0.5, 0.6) is 0 Å². The Balaban J connectivity index is 1.57. The molecule has 3 aromatic rings. The first-order valence-electron chi connectivity index (χ1n) is 19.6. The lowest BCUT2D eigenvalue weighted by Gasteiger charge is -2.28. The van der Waals surface area contributed by atoms with Gasteiger partial charge in [-0.15, -0.1) is 0 Å². The Morgan fingerprint density at radius 1 is 0.759 bits per heavy atom. The van der Waals surface area contributed by atoms with E-state index >= 15 is 0 Å². The molecule has 1 aromatic heterocycles. The van der Waals surface area contributed by atoms with Crippen LogP contribution in [0.2, 0.25) is 0 Å². The molecule has 0 bridgehead atoms. The molecular formula is C41H55N9O8. The number of hydrogen-bond acceptors (Lipinski definition) is 9. The third-order valence-electron chi connectivity index (χ3n) is 9.95. The van der Waals surface area contributed by atoms with Gasteiger partial charge in [0.15, 0.2) is 0 Å². The van der Waals surface area contributed by atoms with Crippen molar-refractivity contribution in [2.24, 2.45) is 11.7 Å². The fourth-order valence-corrected chi connectivity index (χ4v) is 6.68. The van der Waals surface area contributed by atoms with Crippen molar-refractivity contribution in [3.63, 3.8) is 0 Å². The number of rotatable bonds is 21. The third kappa shape index (κ3) is 13.2. The van der Waals surface area contributed by atoms with Crippen molar-refractivity contribution in [3.8, 4) is 0 Å². The van der Waals surface area contributed by atoms with Crippen LogP contribution in [0.1, 0.15) is 64.0 Å². The molecule has 4 rings (SSSR count). The van der Waals surface area contributed by atoms with Crippen molar-refractivity contribution in [2.75, 3.05) is 13.1 Å². The zero-order chi connectivity index (χ0) is 42.2. The van der Waals surface area contributed by atoms with Gasteiger partial charge in [-0.2, -0.15) is 0 Å². The van der Waals surface area contributed by atoms with Crippen LogP contribution in [0.15, 0.2) is 60.8 Å². The molecule has 0 aliphatic carbocycles. The maximum atomic E-state index is 14.1. The first kappa shape index (κ1) is 44.6. The molecule has 312 valence electrons. The summed E-state index contributed by atoms with van der Waals surface area (Å²) < 4.78 is 0. The van der Waals surface area contributed by atoms with Crippen molar-refractivity contribution >= 4 is 58.5 Å². The molecule has 1 aliphatic heterocycles. The molecule has 17 nitrogen and oxygen atoms in total. The summed E-state index contributed by atoms with van der Waals surface area (Å²) in [6, 6.07) is 9.96. The van der Waals surface area contributed by atoms with Crippen molar-refractivity contribution < 1.29 is 38.4 Å². The number of para-hydroxylation sites is 1. The van der Waals surface area contributed by atoms with Gasteiger partial charge in [0, 0.05) is 36.4 Å². The Kier molecular flexibility index (Phi) is 16.9. The molecule has 10 N–H and O–H groups in total. The number of nitrogens with two attached hydrogens (primary N) is 1. The molecule has 1 aliphatic rings. The minimum atomic E-state index is -1.36. The monoisotopic (exact) mass is 801 g/mol. The molecule has 0 unspecified atom stereocenters. The van der Waals surface area contributed by atoms with Gasteiger partial charge in [-0.1, -0.05) is 68.8 Å². The van der Waals surface area contributed by atoms with Crippen LogP contribution in [0, 0.1) is 5.92 Å². The highest BCUT2D eigenvalue weighted by Crippen LogP contribution is 2.20. The average molecular weight is 802 g/mol. The number of amides is 7. The van der Waals surface area contributed by atoms with Crippen molar-refractivity contribution in [1.82, 2.24) is 42.2 Å². The molecule has 0 spiro atoms. The topological polar surface area (TPSA) is 263 Å². The molecule has 17 heteroatoms. The van der Waals surface area contributed by atoms with Gasteiger partial charge in [0.2, 0.25) is 41.4 Å². The number of H-pyrrole nitrogens is 1. The Hall–Kier alpha value is -6.10. The van der Waals surface area contributed by atoms with E-state index in [0.717, 1.165) is 29.3 Å². The summed E-state index contributed by atoms with van der Waals surface area (Å²) in [5, 5.41) is 19.9. The molecule has 0 saturated carbocycles. The highest BCUT2D eigenvalue weighted by atomic mass is 16.2. The van der Waals surface area contributed by atoms with Crippen molar-refractivity contribution in [2.45, 2.75) is 102 Å². The van der Waals surface area contributed by atoms with E-state index in [-0.39, 0.29) is 44.1 Å². The van der Waals surface area contributed by atoms with Crippen LogP contribution in [-0.4, -0.2) is 102 Å². The number of piperidine rings is 1. The number of aldehydes is 1. The fraction of sp³-hybridized carbons (Fsp3) is 0.463. The van der Waals surface area contributed by atoms with Gasteiger partial charge in [0.05, 0.1) is 12.6 Å². The van der Waals surface area contributed by atoms with Crippen LogP contribution < -0.4 is 43.0 Å². The highest BCUT2D eigenvalue weighted by molar-refractivity contribution is 5.97. The lowest BCUT2D eigenvalue weighted by molar-refractivity contribution is -0.135.